The van der Waals surface area contributed by atoms with Crippen LogP contribution in [0.25, 0.3) is 22.4 Å². The molecule has 2 atom stereocenters. The van der Waals surface area contributed by atoms with Crippen molar-refractivity contribution in [2.75, 3.05) is 18.8 Å². The molecule has 0 bridgehead atoms. The molecule has 1 aromatic carbocycles. The molecular formula is C19H22N4O2S. The van der Waals surface area contributed by atoms with Crippen molar-refractivity contribution >= 4 is 28.6 Å². The van der Waals surface area contributed by atoms with E-state index in [0.717, 1.165) is 29.6 Å². The molecule has 1 aliphatic heterocycles. The van der Waals surface area contributed by atoms with Gasteiger partial charge in [0.2, 0.25) is 5.91 Å². The number of nitrogens with one attached hydrogen (secondary N) is 1. The van der Waals surface area contributed by atoms with Crippen molar-refractivity contribution < 1.29 is 9.21 Å². The highest BCUT2D eigenvalue weighted by atomic mass is 32.2. The zero-order valence-electron chi connectivity index (χ0n) is 14.9. The first kappa shape index (κ1) is 17.1. The topological polar surface area (TPSA) is 75.0 Å². The smallest absolute Gasteiger partial charge is 0.277 e. The molecule has 0 spiro atoms. The molecule has 3 aromatic rings. The fourth-order valence-electron chi connectivity index (χ4n) is 3.71. The first-order valence-corrected chi connectivity index (χ1v) is 9.89. The summed E-state index contributed by atoms with van der Waals surface area (Å²) in [6, 6.07) is 7.97. The van der Waals surface area contributed by atoms with Crippen LogP contribution in [0, 0.1) is 11.8 Å². The molecule has 2 unspecified atom stereocenters. The van der Waals surface area contributed by atoms with Crippen LogP contribution in [0.2, 0.25) is 0 Å². The zero-order chi connectivity index (χ0) is 18.1. The van der Waals surface area contributed by atoms with Crippen molar-refractivity contribution in [3.63, 3.8) is 0 Å². The highest BCUT2D eigenvalue weighted by Crippen LogP contribution is 2.30. The summed E-state index contributed by atoms with van der Waals surface area (Å²) in [5.74, 6) is 2.06. The number of likely N-dealkylation sites (tertiary alicyclic amines) is 1. The first-order valence-electron chi connectivity index (χ1n) is 8.90. The van der Waals surface area contributed by atoms with Gasteiger partial charge in [-0.2, -0.15) is 0 Å². The minimum absolute atomic E-state index is 0.139. The lowest BCUT2D eigenvalue weighted by atomic mass is 9.92. The predicted octanol–water partition coefficient (Wildman–Crippen LogP) is 3.81. The molecule has 6 nitrogen and oxygen atoms in total. The molecule has 2 aromatic heterocycles. The molecule has 26 heavy (non-hydrogen) atoms. The molecule has 1 aliphatic rings. The fraction of sp³-hybridized carbons (Fsp3) is 0.421. The van der Waals surface area contributed by atoms with E-state index in [2.05, 4.69) is 29.0 Å². The number of H-pyrrole nitrogens is 1. The molecule has 4 rings (SSSR count). The molecule has 1 saturated heterocycles. The molecule has 0 radical (unpaired) electrons. The number of aromatic amines is 1. The number of aromatic nitrogens is 3. The maximum absolute atomic E-state index is 12.5. The van der Waals surface area contributed by atoms with E-state index in [-0.39, 0.29) is 5.91 Å². The number of hydrogen-bond acceptors (Lipinski definition) is 5. The van der Waals surface area contributed by atoms with Gasteiger partial charge in [-0.05, 0) is 24.3 Å². The number of amides is 1. The monoisotopic (exact) mass is 370 g/mol. The SMILES string of the molecule is CC1CC(C)CN(C(=O)CSc2nnc(-c3c[nH]c4ccccc34)o2)C1. The lowest BCUT2D eigenvalue weighted by Gasteiger charge is -2.34. The number of carbonyl (C=O) groups is 1. The van der Waals surface area contributed by atoms with E-state index in [4.69, 9.17) is 4.42 Å². The molecule has 0 aliphatic carbocycles. The third-order valence-electron chi connectivity index (χ3n) is 4.77. The van der Waals surface area contributed by atoms with Crippen LogP contribution >= 0.6 is 11.8 Å². The standard InChI is InChI=1S/C19H22N4O2S/c1-12-7-13(2)10-23(9-12)17(24)11-26-19-22-21-18(25-19)15-8-20-16-6-4-3-5-14(15)16/h3-6,8,12-13,20H,7,9-11H2,1-2H3. The second-order valence-electron chi connectivity index (χ2n) is 7.15. The molecule has 3 heterocycles. The Balaban J connectivity index is 1.42. The number of thioether (sulfide) groups is 1. The second kappa shape index (κ2) is 7.15. The summed E-state index contributed by atoms with van der Waals surface area (Å²) in [6.45, 7) is 6.09. The Morgan fingerprint density at radius 3 is 2.85 bits per heavy atom. The summed E-state index contributed by atoms with van der Waals surface area (Å²) in [6.07, 6.45) is 3.06. The summed E-state index contributed by atoms with van der Waals surface area (Å²) in [4.78, 5) is 17.6. The third-order valence-corrected chi connectivity index (χ3v) is 5.57. The lowest BCUT2D eigenvalue weighted by Crippen LogP contribution is -2.43. The molecule has 1 amide bonds. The Morgan fingerprint density at radius 2 is 2.04 bits per heavy atom. The normalized spacial score (nSPS) is 20.6. The Bertz CT molecular complexity index is 909. The number of nitrogens with zero attached hydrogens (tertiary/aromatic N) is 3. The number of hydrogen-bond donors (Lipinski definition) is 1. The van der Waals surface area contributed by atoms with E-state index in [9.17, 15) is 4.79 Å². The number of para-hydroxylation sites is 1. The van der Waals surface area contributed by atoms with Crippen molar-refractivity contribution in [2.45, 2.75) is 25.5 Å². The van der Waals surface area contributed by atoms with Crippen LogP contribution in [0.1, 0.15) is 20.3 Å². The lowest BCUT2D eigenvalue weighted by molar-refractivity contribution is -0.130. The van der Waals surface area contributed by atoms with Gasteiger partial charge in [0, 0.05) is 30.2 Å². The minimum atomic E-state index is 0.139. The summed E-state index contributed by atoms with van der Waals surface area (Å²) in [5, 5.41) is 9.70. The molecule has 7 heteroatoms. The van der Waals surface area contributed by atoms with Crippen LogP contribution < -0.4 is 0 Å². The van der Waals surface area contributed by atoms with Crippen LogP contribution in [0.5, 0.6) is 0 Å². The van der Waals surface area contributed by atoms with E-state index < -0.39 is 0 Å². The molecular weight excluding hydrogens is 348 g/mol. The van der Waals surface area contributed by atoms with Crippen molar-refractivity contribution in [3.8, 4) is 11.5 Å². The number of piperidine rings is 1. The summed E-state index contributed by atoms with van der Waals surface area (Å²) < 4.78 is 5.77. The number of benzene rings is 1. The molecule has 1 fully saturated rings. The average Bonchev–Trinajstić information content (AvgIpc) is 3.25. The van der Waals surface area contributed by atoms with Crippen LogP contribution in [-0.2, 0) is 4.79 Å². The van der Waals surface area contributed by atoms with Crippen LogP contribution in [0.15, 0.2) is 40.1 Å². The molecule has 136 valence electrons. The van der Waals surface area contributed by atoms with Gasteiger partial charge in [0.15, 0.2) is 0 Å². The summed E-state index contributed by atoms with van der Waals surface area (Å²) >= 11 is 1.31. The Kier molecular flexibility index (Phi) is 4.72. The van der Waals surface area contributed by atoms with Gasteiger partial charge in [-0.15, -0.1) is 10.2 Å². The minimum Gasteiger partial charge on any atom is -0.411 e. The second-order valence-corrected chi connectivity index (χ2v) is 8.08. The quantitative estimate of drug-likeness (QED) is 0.707. The van der Waals surface area contributed by atoms with Crippen LogP contribution in [0.3, 0.4) is 0 Å². The van der Waals surface area contributed by atoms with Crippen molar-refractivity contribution in [3.05, 3.63) is 30.5 Å². The van der Waals surface area contributed by atoms with E-state index in [1.54, 1.807) is 0 Å². The summed E-state index contributed by atoms with van der Waals surface area (Å²) in [5.41, 5.74) is 1.91. The van der Waals surface area contributed by atoms with Gasteiger partial charge in [0.1, 0.15) is 0 Å². The van der Waals surface area contributed by atoms with Crippen molar-refractivity contribution in [1.29, 1.82) is 0 Å². The number of carbonyl (C=O) groups excluding carboxylic acids is 1. The predicted molar refractivity (Wildman–Crippen MR) is 102 cm³/mol. The van der Waals surface area contributed by atoms with Gasteiger partial charge in [-0.3, -0.25) is 4.79 Å². The Labute approximate surface area is 156 Å². The van der Waals surface area contributed by atoms with Gasteiger partial charge in [0.25, 0.3) is 11.1 Å². The first-order chi connectivity index (χ1) is 12.6. The van der Waals surface area contributed by atoms with Gasteiger partial charge >= 0.3 is 0 Å². The van der Waals surface area contributed by atoms with E-state index in [1.165, 1.54) is 18.2 Å². The molecule has 0 saturated carbocycles. The van der Waals surface area contributed by atoms with E-state index in [0.29, 0.717) is 28.7 Å². The molecule has 1 N–H and O–H groups in total. The zero-order valence-corrected chi connectivity index (χ0v) is 15.8. The van der Waals surface area contributed by atoms with Gasteiger partial charge in [-0.25, -0.2) is 0 Å². The Morgan fingerprint density at radius 1 is 1.27 bits per heavy atom. The highest BCUT2D eigenvalue weighted by molar-refractivity contribution is 7.99. The van der Waals surface area contributed by atoms with Crippen LogP contribution in [-0.4, -0.2) is 44.8 Å². The van der Waals surface area contributed by atoms with E-state index >= 15 is 0 Å². The average molecular weight is 370 g/mol. The van der Waals surface area contributed by atoms with Gasteiger partial charge < -0.3 is 14.3 Å². The van der Waals surface area contributed by atoms with Crippen molar-refractivity contribution in [2.24, 2.45) is 11.8 Å². The fourth-order valence-corrected chi connectivity index (χ4v) is 4.37. The van der Waals surface area contributed by atoms with Crippen molar-refractivity contribution in [1.82, 2.24) is 20.1 Å². The summed E-state index contributed by atoms with van der Waals surface area (Å²) in [7, 11) is 0. The van der Waals surface area contributed by atoms with Crippen LogP contribution in [0.4, 0.5) is 0 Å². The largest absolute Gasteiger partial charge is 0.411 e. The number of fused-ring (bicyclic) bond motifs is 1. The Hall–Kier alpha value is -2.28. The van der Waals surface area contributed by atoms with Gasteiger partial charge in [0.05, 0.1) is 11.3 Å². The van der Waals surface area contributed by atoms with Gasteiger partial charge in [-0.1, -0.05) is 43.8 Å². The maximum Gasteiger partial charge on any atom is 0.277 e. The third kappa shape index (κ3) is 3.49. The highest BCUT2D eigenvalue weighted by Gasteiger charge is 2.25. The van der Waals surface area contributed by atoms with E-state index in [1.807, 2.05) is 35.4 Å². The number of rotatable bonds is 4. The maximum atomic E-state index is 12.5.